The zero-order chi connectivity index (χ0) is 10.7. The summed E-state index contributed by atoms with van der Waals surface area (Å²) in [5, 5.41) is 9.67. The van der Waals surface area contributed by atoms with Crippen molar-refractivity contribution in [2.75, 3.05) is 0 Å². The smallest absolute Gasteiger partial charge is 0.356 e. The first kappa shape index (κ1) is 9.38. The number of carbonyl (C=O) groups is 1. The Morgan fingerprint density at radius 2 is 2.53 bits per heavy atom. The highest BCUT2D eigenvalue weighted by Crippen LogP contribution is 2.01. The molecule has 7 heteroatoms. The summed E-state index contributed by atoms with van der Waals surface area (Å²) >= 11 is 0. The van der Waals surface area contributed by atoms with Crippen LogP contribution in [0.2, 0.25) is 0 Å². The normalized spacial score (nSPS) is 10.2. The average molecular weight is 208 g/mol. The minimum absolute atomic E-state index is 0.0430. The number of aromatic nitrogens is 4. The Morgan fingerprint density at radius 1 is 1.67 bits per heavy atom. The number of hydrogen-bond acceptors (Lipinski definition) is 6. The van der Waals surface area contributed by atoms with Crippen LogP contribution in [-0.2, 0) is 11.3 Å². The summed E-state index contributed by atoms with van der Waals surface area (Å²) in [6.45, 7) is 1.64. The van der Waals surface area contributed by atoms with E-state index in [0.29, 0.717) is 5.82 Å². The van der Waals surface area contributed by atoms with Gasteiger partial charge in [0.15, 0.2) is 12.4 Å². The van der Waals surface area contributed by atoms with E-state index in [2.05, 4.69) is 20.3 Å². The van der Waals surface area contributed by atoms with Crippen molar-refractivity contribution < 1.29 is 14.1 Å². The van der Waals surface area contributed by atoms with E-state index in [4.69, 9.17) is 9.26 Å². The molecule has 0 amide bonds. The van der Waals surface area contributed by atoms with Gasteiger partial charge in [-0.1, -0.05) is 5.16 Å². The topological polar surface area (TPSA) is 93.9 Å². The second-order valence-corrected chi connectivity index (χ2v) is 2.78. The summed E-state index contributed by atoms with van der Waals surface area (Å²) in [6, 6.07) is 1.52. The standard InChI is InChI=1S/C8H8N4O3/c1-5-10-7(15-12-5)4-14-8(13)6-2-3-9-11-6/h2-3H,4H2,1H3,(H,9,11). The van der Waals surface area contributed by atoms with E-state index in [1.807, 2.05) is 0 Å². The van der Waals surface area contributed by atoms with Crippen LogP contribution in [-0.4, -0.2) is 26.3 Å². The van der Waals surface area contributed by atoms with Crippen LogP contribution in [0.15, 0.2) is 16.8 Å². The summed E-state index contributed by atoms with van der Waals surface area (Å²) in [5.41, 5.74) is 0.284. The van der Waals surface area contributed by atoms with Gasteiger partial charge >= 0.3 is 5.97 Å². The molecule has 78 valence electrons. The number of H-pyrrole nitrogens is 1. The van der Waals surface area contributed by atoms with Gasteiger partial charge in [0, 0.05) is 6.20 Å². The largest absolute Gasteiger partial charge is 0.451 e. The van der Waals surface area contributed by atoms with Crippen molar-refractivity contribution >= 4 is 5.97 Å². The Labute approximate surface area is 84.4 Å². The minimum atomic E-state index is -0.511. The molecule has 0 saturated heterocycles. The van der Waals surface area contributed by atoms with Crippen molar-refractivity contribution in [3.8, 4) is 0 Å². The van der Waals surface area contributed by atoms with Crippen molar-refractivity contribution in [2.45, 2.75) is 13.5 Å². The van der Waals surface area contributed by atoms with E-state index in [1.54, 1.807) is 6.92 Å². The number of esters is 1. The predicted molar refractivity (Wildman–Crippen MR) is 46.7 cm³/mol. The summed E-state index contributed by atoms with van der Waals surface area (Å²) in [7, 11) is 0. The summed E-state index contributed by atoms with van der Waals surface area (Å²) < 4.78 is 9.65. The molecule has 0 spiro atoms. The molecule has 0 unspecified atom stereocenters. The molecular weight excluding hydrogens is 200 g/mol. The highest BCUT2D eigenvalue weighted by Gasteiger charge is 2.10. The van der Waals surface area contributed by atoms with Gasteiger partial charge in [-0.15, -0.1) is 0 Å². The molecule has 15 heavy (non-hydrogen) atoms. The summed E-state index contributed by atoms with van der Waals surface area (Å²) in [6.07, 6.45) is 1.47. The lowest BCUT2D eigenvalue weighted by molar-refractivity contribution is 0.0423. The van der Waals surface area contributed by atoms with Gasteiger partial charge in [-0.2, -0.15) is 10.1 Å². The second kappa shape index (κ2) is 3.91. The van der Waals surface area contributed by atoms with E-state index in [9.17, 15) is 4.79 Å². The zero-order valence-corrected chi connectivity index (χ0v) is 7.93. The molecule has 0 aliphatic rings. The van der Waals surface area contributed by atoms with Gasteiger partial charge < -0.3 is 9.26 Å². The van der Waals surface area contributed by atoms with E-state index in [1.165, 1.54) is 12.3 Å². The van der Waals surface area contributed by atoms with Crippen LogP contribution in [0.4, 0.5) is 0 Å². The first-order chi connectivity index (χ1) is 7.25. The quantitative estimate of drug-likeness (QED) is 0.736. The Kier molecular flexibility index (Phi) is 2.44. The Bertz CT molecular complexity index is 448. The molecular formula is C8H8N4O3. The van der Waals surface area contributed by atoms with Crippen LogP contribution >= 0.6 is 0 Å². The van der Waals surface area contributed by atoms with Crippen LogP contribution in [0.5, 0.6) is 0 Å². The van der Waals surface area contributed by atoms with Crippen LogP contribution in [0, 0.1) is 6.92 Å². The van der Waals surface area contributed by atoms with E-state index in [0.717, 1.165) is 0 Å². The third kappa shape index (κ3) is 2.19. The first-order valence-corrected chi connectivity index (χ1v) is 4.21. The maximum Gasteiger partial charge on any atom is 0.356 e. The lowest BCUT2D eigenvalue weighted by Crippen LogP contribution is -2.05. The van der Waals surface area contributed by atoms with E-state index in [-0.39, 0.29) is 18.2 Å². The molecule has 0 saturated carbocycles. The number of hydrogen-bond donors (Lipinski definition) is 1. The summed E-state index contributed by atoms with van der Waals surface area (Å²) in [5.74, 6) is 0.256. The molecule has 0 fully saturated rings. The number of aromatic amines is 1. The van der Waals surface area contributed by atoms with Crippen molar-refractivity contribution in [3.05, 3.63) is 29.7 Å². The van der Waals surface area contributed by atoms with Gasteiger partial charge in [0.2, 0.25) is 0 Å². The summed E-state index contributed by atoms with van der Waals surface area (Å²) in [4.78, 5) is 15.2. The third-order valence-corrected chi connectivity index (χ3v) is 1.62. The SMILES string of the molecule is Cc1noc(COC(=O)c2ccn[nH]2)n1. The fraction of sp³-hybridized carbons (Fsp3) is 0.250. The van der Waals surface area contributed by atoms with E-state index >= 15 is 0 Å². The van der Waals surface area contributed by atoms with Gasteiger partial charge in [0.05, 0.1) is 0 Å². The number of nitrogens with zero attached hydrogens (tertiary/aromatic N) is 3. The Hall–Kier alpha value is -2.18. The van der Waals surface area contributed by atoms with Crippen LogP contribution in [0.3, 0.4) is 0 Å². The van der Waals surface area contributed by atoms with Crippen molar-refractivity contribution in [2.24, 2.45) is 0 Å². The van der Waals surface area contributed by atoms with Crippen LogP contribution in [0.25, 0.3) is 0 Å². The van der Waals surface area contributed by atoms with Gasteiger partial charge in [0.1, 0.15) is 5.69 Å². The predicted octanol–water partition coefficient (Wildman–Crippen LogP) is 0.458. The fourth-order valence-electron chi connectivity index (χ4n) is 0.973. The number of aryl methyl sites for hydroxylation is 1. The number of ether oxygens (including phenoxy) is 1. The van der Waals surface area contributed by atoms with Gasteiger partial charge in [-0.05, 0) is 13.0 Å². The monoisotopic (exact) mass is 208 g/mol. The Morgan fingerprint density at radius 3 is 3.13 bits per heavy atom. The molecule has 2 aromatic rings. The highest BCUT2D eigenvalue weighted by molar-refractivity contribution is 5.86. The fourth-order valence-corrected chi connectivity index (χ4v) is 0.973. The van der Waals surface area contributed by atoms with Crippen LogP contribution in [0.1, 0.15) is 22.2 Å². The second-order valence-electron chi connectivity index (χ2n) is 2.78. The number of carbonyl (C=O) groups excluding carboxylic acids is 1. The molecule has 0 atom stereocenters. The zero-order valence-electron chi connectivity index (χ0n) is 7.93. The molecule has 2 rings (SSSR count). The molecule has 2 heterocycles. The van der Waals surface area contributed by atoms with E-state index < -0.39 is 5.97 Å². The number of rotatable bonds is 3. The molecule has 7 nitrogen and oxygen atoms in total. The minimum Gasteiger partial charge on any atom is -0.451 e. The van der Waals surface area contributed by atoms with Gasteiger partial charge in [0.25, 0.3) is 5.89 Å². The maximum atomic E-state index is 11.3. The van der Waals surface area contributed by atoms with Gasteiger partial charge in [-0.25, -0.2) is 4.79 Å². The molecule has 1 N–H and O–H groups in total. The molecule has 0 aromatic carbocycles. The first-order valence-electron chi connectivity index (χ1n) is 4.21. The highest BCUT2D eigenvalue weighted by atomic mass is 16.6. The molecule has 0 aliphatic carbocycles. The van der Waals surface area contributed by atoms with Crippen LogP contribution < -0.4 is 0 Å². The molecule has 0 aliphatic heterocycles. The maximum absolute atomic E-state index is 11.3. The third-order valence-electron chi connectivity index (χ3n) is 1.62. The molecule has 0 radical (unpaired) electrons. The van der Waals surface area contributed by atoms with Crippen molar-refractivity contribution in [3.63, 3.8) is 0 Å². The molecule has 2 aromatic heterocycles. The average Bonchev–Trinajstić information content (AvgIpc) is 2.84. The lowest BCUT2D eigenvalue weighted by atomic mass is 10.4. The molecule has 0 bridgehead atoms. The van der Waals surface area contributed by atoms with Crippen molar-refractivity contribution in [1.29, 1.82) is 0 Å². The Balaban J connectivity index is 1.91. The van der Waals surface area contributed by atoms with Gasteiger partial charge in [-0.3, -0.25) is 5.10 Å². The lowest BCUT2D eigenvalue weighted by Gasteiger charge is -1.97. The number of nitrogens with one attached hydrogen (secondary N) is 1. The van der Waals surface area contributed by atoms with Crippen molar-refractivity contribution in [1.82, 2.24) is 20.3 Å².